The molecule has 0 bridgehead atoms. The summed E-state index contributed by atoms with van der Waals surface area (Å²) in [6.45, 7) is 2.52. The molecule has 2 atom stereocenters. The number of piperazine rings is 1. The minimum atomic E-state index is -0.385. The number of para-hydroxylation sites is 2. The van der Waals surface area contributed by atoms with Crippen LogP contribution in [0.15, 0.2) is 66.7 Å². The molecule has 8 nitrogen and oxygen atoms in total. The maximum atomic E-state index is 13.6. The van der Waals surface area contributed by atoms with Gasteiger partial charge in [0.2, 0.25) is 5.91 Å². The zero-order valence-electron chi connectivity index (χ0n) is 20.6. The fourth-order valence-electron chi connectivity index (χ4n) is 5.51. The Labute approximate surface area is 220 Å². The van der Waals surface area contributed by atoms with Gasteiger partial charge in [0.25, 0.3) is 5.69 Å². The van der Waals surface area contributed by atoms with Crippen molar-refractivity contribution in [1.82, 2.24) is 5.32 Å². The molecule has 0 spiro atoms. The highest BCUT2D eigenvalue weighted by atomic mass is 35.5. The Hall–Kier alpha value is -3.78. The van der Waals surface area contributed by atoms with Gasteiger partial charge in [-0.2, -0.15) is 0 Å². The van der Waals surface area contributed by atoms with Crippen molar-refractivity contribution in [3.63, 3.8) is 0 Å². The van der Waals surface area contributed by atoms with Crippen LogP contribution in [0, 0.1) is 16.0 Å². The van der Waals surface area contributed by atoms with Crippen LogP contribution in [-0.2, 0) is 17.6 Å². The molecule has 0 radical (unpaired) electrons. The Morgan fingerprint density at radius 3 is 2.68 bits per heavy atom. The Morgan fingerprint density at radius 1 is 1.11 bits per heavy atom. The number of hydrogen-bond donors (Lipinski definition) is 1. The molecule has 0 aromatic heterocycles. The van der Waals surface area contributed by atoms with Gasteiger partial charge in [0.1, 0.15) is 5.75 Å². The van der Waals surface area contributed by atoms with E-state index in [0.717, 1.165) is 34.8 Å². The van der Waals surface area contributed by atoms with Gasteiger partial charge in [-0.1, -0.05) is 41.9 Å². The van der Waals surface area contributed by atoms with Crippen LogP contribution in [0.4, 0.5) is 17.1 Å². The zero-order valence-corrected chi connectivity index (χ0v) is 21.4. The summed E-state index contributed by atoms with van der Waals surface area (Å²) in [7, 11) is 1.64. The summed E-state index contributed by atoms with van der Waals surface area (Å²) in [5.41, 5.74) is 3.82. The molecule has 3 aromatic carbocycles. The van der Waals surface area contributed by atoms with Crippen molar-refractivity contribution in [3.8, 4) is 5.75 Å². The third kappa shape index (κ3) is 5.06. The molecule has 0 saturated carbocycles. The van der Waals surface area contributed by atoms with Gasteiger partial charge in [-0.3, -0.25) is 14.9 Å². The van der Waals surface area contributed by atoms with Crippen molar-refractivity contribution in [3.05, 3.63) is 93.0 Å². The number of nitrogens with zero attached hydrogens (tertiary/aromatic N) is 3. The van der Waals surface area contributed by atoms with E-state index in [2.05, 4.69) is 15.1 Å². The van der Waals surface area contributed by atoms with Crippen LogP contribution in [0.2, 0.25) is 5.02 Å². The fraction of sp³-hybridized carbons (Fsp3) is 0.321. The van der Waals surface area contributed by atoms with Gasteiger partial charge >= 0.3 is 0 Å². The van der Waals surface area contributed by atoms with E-state index in [0.29, 0.717) is 37.5 Å². The first kappa shape index (κ1) is 24.9. The minimum absolute atomic E-state index is 0.0437. The van der Waals surface area contributed by atoms with Crippen LogP contribution in [-0.4, -0.2) is 50.2 Å². The van der Waals surface area contributed by atoms with Crippen molar-refractivity contribution >= 4 is 34.6 Å². The number of ether oxygens (including phenoxy) is 1. The standard InChI is InChI=1S/C28H29ClN4O4/c1-37-27-9-5-2-6-19(27)12-13-30-28(34)22-17-20-16-21(33(35)36)10-11-24(20)32-15-14-31(18-26(22)32)25-8-4-3-7-23(25)29/h2-11,16,22,26H,12-15,17-18H2,1H3,(H,30,34). The number of fused-ring (bicyclic) bond motifs is 3. The number of anilines is 2. The normalized spacial score (nSPS) is 18.5. The van der Waals surface area contributed by atoms with Gasteiger partial charge in [0.15, 0.2) is 0 Å². The van der Waals surface area contributed by atoms with Crippen molar-refractivity contribution in [2.45, 2.75) is 18.9 Å². The molecule has 2 aliphatic rings. The number of amides is 1. The monoisotopic (exact) mass is 520 g/mol. The largest absolute Gasteiger partial charge is 0.496 e. The Balaban J connectivity index is 1.39. The molecule has 37 heavy (non-hydrogen) atoms. The van der Waals surface area contributed by atoms with Crippen LogP contribution in [0.3, 0.4) is 0 Å². The quantitative estimate of drug-likeness (QED) is 0.365. The molecule has 2 aliphatic heterocycles. The van der Waals surface area contributed by atoms with Crippen LogP contribution in [0.25, 0.3) is 0 Å². The predicted molar refractivity (Wildman–Crippen MR) is 145 cm³/mol. The maximum absolute atomic E-state index is 13.6. The Kier molecular flexibility index (Phi) is 7.19. The molecule has 1 fully saturated rings. The molecule has 1 N–H and O–H groups in total. The third-order valence-electron chi connectivity index (χ3n) is 7.32. The zero-order chi connectivity index (χ0) is 25.9. The summed E-state index contributed by atoms with van der Waals surface area (Å²) in [5.74, 6) is 0.380. The van der Waals surface area contributed by atoms with Crippen LogP contribution in [0.5, 0.6) is 5.75 Å². The number of hydrogen-bond acceptors (Lipinski definition) is 6. The van der Waals surface area contributed by atoms with E-state index >= 15 is 0 Å². The van der Waals surface area contributed by atoms with E-state index in [1.54, 1.807) is 19.2 Å². The van der Waals surface area contributed by atoms with Crippen molar-refractivity contribution < 1.29 is 14.5 Å². The topological polar surface area (TPSA) is 87.9 Å². The van der Waals surface area contributed by atoms with Crippen LogP contribution >= 0.6 is 11.6 Å². The van der Waals surface area contributed by atoms with Crippen LogP contribution < -0.4 is 19.9 Å². The number of non-ortho nitro benzene ring substituents is 1. The van der Waals surface area contributed by atoms with E-state index in [-0.39, 0.29) is 28.5 Å². The average molecular weight is 521 g/mol. The van der Waals surface area contributed by atoms with Crippen LogP contribution in [0.1, 0.15) is 11.1 Å². The summed E-state index contributed by atoms with van der Waals surface area (Å²) < 4.78 is 5.43. The fourth-order valence-corrected chi connectivity index (χ4v) is 5.77. The van der Waals surface area contributed by atoms with Gasteiger partial charge in [0.05, 0.1) is 34.7 Å². The van der Waals surface area contributed by atoms with Crippen molar-refractivity contribution in [1.29, 1.82) is 0 Å². The highest BCUT2D eigenvalue weighted by Crippen LogP contribution is 2.39. The van der Waals surface area contributed by atoms with Crippen molar-refractivity contribution in [2.24, 2.45) is 5.92 Å². The lowest BCUT2D eigenvalue weighted by Gasteiger charge is -2.49. The number of nitro benzene ring substituents is 1. The lowest BCUT2D eigenvalue weighted by molar-refractivity contribution is -0.384. The molecule has 1 saturated heterocycles. The molecule has 5 rings (SSSR count). The Morgan fingerprint density at radius 2 is 1.89 bits per heavy atom. The number of halogens is 1. The molecule has 192 valence electrons. The van der Waals surface area contributed by atoms with E-state index in [9.17, 15) is 14.9 Å². The first-order valence-electron chi connectivity index (χ1n) is 12.4. The second-order valence-corrected chi connectivity index (χ2v) is 9.80. The van der Waals surface area contributed by atoms with E-state index in [4.69, 9.17) is 16.3 Å². The van der Waals surface area contributed by atoms with E-state index in [1.807, 2.05) is 54.6 Å². The average Bonchev–Trinajstić information content (AvgIpc) is 2.92. The highest BCUT2D eigenvalue weighted by Gasteiger charge is 2.42. The summed E-state index contributed by atoms with van der Waals surface area (Å²) in [6, 6.07) is 20.4. The minimum Gasteiger partial charge on any atom is -0.496 e. The molecule has 9 heteroatoms. The molecule has 0 aliphatic carbocycles. The molecule has 2 unspecified atom stereocenters. The predicted octanol–water partition coefficient (Wildman–Crippen LogP) is 4.48. The SMILES string of the molecule is COc1ccccc1CCNC(=O)C1Cc2cc([N+](=O)[O-])ccc2N2CCN(c3ccccc3Cl)CC12. The highest BCUT2D eigenvalue weighted by molar-refractivity contribution is 6.33. The maximum Gasteiger partial charge on any atom is 0.269 e. The summed E-state index contributed by atoms with van der Waals surface area (Å²) in [5, 5.41) is 15.2. The second-order valence-electron chi connectivity index (χ2n) is 9.39. The number of carbonyl (C=O) groups excluding carboxylic acids is 1. The molecule has 3 aromatic rings. The van der Waals surface area contributed by atoms with Crippen molar-refractivity contribution in [2.75, 3.05) is 43.1 Å². The van der Waals surface area contributed by atoms with Gasteiger partial charge in [-0.05, 0) is 48.2 Å². The molecule has 1 amide bonds. The van der Waals surface area contributed by atoms with Gasteiger partial charge in [-0.15, -0.1) is 0 Å². The molecular weight excluding hydrogens is 492 g/mol. The first-order chi connectivity index (χ1) is 18.0. The van der Waals surface area contributed by atoms with Gasteiger partial charge in [0, 0.05) is 44.0 Å². The number of benzene rings is 3. The lowest BCUT2D eigenvalue weighted by atomic mass is 9.83. The summed E-state index contributed by atoms with van der Waals surface area (Å²) >= 11 is 6.50. The van der Waals surface area contributed by atoms with E-state index in [1.165, 1.54) is 0 Å². The van der Waals surface area contributed by atoms with E-state index < -0.39 is 0 Å². The molecular formula is C28H29ClN4O4. The lowest BCUT2D eigenvalue weighted by Crippen LogP contribution is -2.61. The number of nitrogens with one attached hydrogen (secondary N) is 1. The first-order valence-corrected chi connectivity index (χ1v) is 12.8. The third-order valence-corrected chi connectivity index (χ3v) is 7.64. The number of methoxy groups -OCH3 is 1. The number of carbonyl (C=O) groups is 1. The van der Waals surface area contributed by atoms with Gasteiger partial charge in [-0.25, -0.2) is 0 Å². The Bertz CT molecular complexity index is 1320. The summed E-state index contributed by atoms with van der Waals surface area (Å²) in [6.07, 6.45) is 1.08. The molecule has 2 heterocycles. The smallest absolute Gasteiger partial charge is 0.269 e. The second kappa shape index (κ2) is 10.7. The number of nitro groups is 1. The number of rotatable bonds is 7. The summed E-state index contributed by atoms with van der Waals surface area (Å²) in [4.78, 5) is 29.1. The van der Waals surface area contributed by atoms with Gasteiger partial charge < -0.3 is 19.9 Å².